The Morgan fingerprint density at radius 2 is 1.96 bits per heavy atom. The second kappa shape index (κ2) is 7.55. The van der Waals surface area contributed by atoms with Crippen LogP contribution in [0, 0.1) is 0 Å². The topological polar surface area (TPSA) is 60.1 Å². The fourth-order valence-electron chi connectivity index (χ4n) is 2.29. The maximum atomic E-state index is 12.1. The summed E-state index contributed by atoms with van der Waals surface area (Å²) in [4.78, 5) is 12.1. The van der Waals surface area contributed by atoms with E-state index < -0.39 is 0 Å². The Morgan fingerprint density at radius 1 is 1.17 bits per heavy atom. The van der Waals surface area contributed by atoms with E-state index in [0.717, 1.165) is 11.3 Å². The van der Waals surface area contributed by atoms with Crippen LogP contribution in [0.4, 0.5) is 5.82 Å². The lowest BCUT2D eigenvalue weighted by atomic mass is 10.2. The first-order valence-electron chi connectivity index (χ1n) is 7.40. The number of benzene rings is 1. The maximum Gasteiger partial charge on any atom is 0.225 e. The van der Waals surface area contributed by atoms with Crippen molar-refractivity contribution in [2.24, 2.45) is 0 Å². The van der Waals surface area contributed by atoms with Crippen LogP contribution in [0.1, 0.15) is 17.7 Å². The molecule has 1 N–H and O–H groups in total. The number of carbonyl (C=O) groups excluding carboxylic acids is 1. The standard InChI is InChI=1S/C17H15Cl2N3O2/c18-14-4-1-5-15(19)13(14)11-22-16(8-9-20-22)21-17(23)7-6-12-3-2-10-24-12/h1-5,8-10H,6-7,11H2,(H,21,23). The molecular weight excluding hydrogens is 349 g/mol. The monoisotopic (exact) mass is 363 g/mol. The van der Waals surface area contributed by atoms with Crippen LogP contribution in [-0.4, -0.2) is 15.7 Å². The average molecular weight is 364 g/mol. The number of amides is 1. The van der Waals surface area contributed by atoms with Crippen molar-refractivity contribution < 1.29 is 9.21 Å². The quantitative estimate of drug-likeness (QED) is 0.705. The van der Waals surface area contributed by atoms with E-state index in [0.29, 0.717) is 35.2 Å². The number of halogens is 2. The molecule has 0 atom stereocenters. The fraction of sp³-hybridized carbons (Fsp3) is 0.176. The number of aryl methyl sites for hydroxylation is 1. The summed E-state index contributed by atoms with van der Waals surface area (Å²) < 4.78 is 6.87. The molecule has 1 aromatic carbocycles. The number of rotatable bonds is 6. The van der Waals surface area contributed by atoms with Gasteiger partial charge in [0.25, 0.3) is 0 Å². The average Bonchev–Trinajstić information content (AvgIpc) is 3.21. The van der Waals surface area contributed by atoms with E-state index >= 15 is 0 Å². The van der Waals surface area contributed by atoms with Gasteiger partial charge in [0.2, 0.25) is 5.91 Å². The van der Waals surface area contributed by atoms with Crippen LogP contribution < -0.4 is 5.32 Å². The Labute approximate surface area is 149 Å². The number of carbonyl (C=O) groups is 1. The summed E-state index contributed by atoms with van der Waals surface area (Å²) in [6, 6.07) is 10.7. The molecule has 0 fully saturated rings. The molecule has 0 saturated carbocycles. The lowest BCUT2D eigenvalue weighted by Gasteiger charge is -2.11. The molecule has 0 saturated heterocycles. The zero-order valence-corrected chi connectivity index (χ0v) is 14.2. The minimum atomic E-state index is -0.113. The van der Waals surface area contributed by atoms with Crippen LogP contribution in [0.3, 0.4) is 0 Å². The van der Waals surface area contributed by atoms with Crippen LogP contribution in [0.25, 0.3) is 0 Å². The molecule has 1 amide bonds. The summed E-state index contributed by atoms with van der Waals surface area (Å²) in [5, 5.41) is 8.19. The lowest BCUT2D eigenvalue weighted by molar-refractivity contribution is -0.116. The third-order valence-corrected chi connectivity index (χ3v) is 4.24. The van der Waals surface area contributed by atoms with Gasteiger partial charge in [-0.15, -0.1) is 0 Å². The van der Waals surface area contributed by atoms with E-state index in [1.54, 1.807) is 47.5 Å². The minimum absolute atomic E-state index is 0.113. The first-order valence-corrected chi connectivity index (χ1v) is 8.16. The molecule has 0 aliphatic carbocycles. The van der Waals surface area contributed by atoms with E-state index in [-0.39, 0.29) is 5.91 Å². The molecule has 2 aromatic heterocycles. The summed E-state index contributed by atoms with van der Waals surface area (Å²) in [6.45, 7) is 0.374. The Morgan fingerprint density at radius 3 is 2.67 bits per heavy atom. The molecule has 5 nitrogen and oxygen atoms in total. The van der Waals surface area contributed by atoms with Gasteiger partial charge in [-0.1, -0.05) is 29.3 Å². The van der Waals surface area contributed by atoms with Gasteiger partial charge in [-0.2, -0.15) is 5.10 Å². The van der Waals surface area contributed by atoms with Crippen LogP contribution in [0.15, 0.2) is 53.3 Å². The molecule has 0 spiro atoms. The van der Waals surface area contributed by atoms with Gasteiger partial charge in [-0.25, -0.2) is 4.68 Å². The van der Waals surface area contributed by atoms with Crippen molar-refractivity contribution in [3.63, 3.8) is 0 Å². The summed E-state index contributed by atoms with van der Waals surface area (Å²) in [5.41, 5.74) is 0.760. The number of nitrogens with zero attached hydrogens (tertiary/aromatic N) is 2. The Balaban J connectivity index is 1.65. The van der Waals surface area contributed by atoms with Crippen LogP contribution >= 0.6 is 23.2 Å². The molecule has 124 valence electrons. The molecule has 3 rings (SSSR count). The van der Waals surface area contributed by atoms with Crippen LogP contribution in [-0.2, 0) is 17.8 Å². The lowest BCUT2D eigenvalue weighted by Crippen LogP contribution is -2.16. The summed E-state index contributed by atoms with van der Waals surface area (Å²) >= 11 is 12.4. The number of furan rings is 1. The zero-order valence-electron chi connectivity index (χ0n) is 12.7. The van der Waals surface area contributed by atoms with Crippen molar-refractivity contribution in [3.8, 4) is 0 Å². The molecule has 0 radical (unpaired) electrons. The Hall–Kier alpha value is -2.24. The zero-order chi connectivity index (χ0) is 16.9. The van der Waals surface area contributed by atoms with Crippen molar-refractivity contribution in [3.05, 3.63) is 70.2 Å². The van der Waals surface area contributed by atoms with E-state index in [1.807, 2.05) is 6.07 Å². The minimum Gasteiger partial charge on any atom is -0.469 e. The van der Waals surface area contributed by atoms with Crippen molar-refractivity contribution in [2.75, 3.05) is 5.32 Å². The highest BCUT2D eigenvalue weighted by Gasteiger charge is 2.12. The van der Waals surface area contributed by atoms with Gasteiger partial charge in [0.15, 0.2) is 0 Å². The molecule has 24 heavy (non-hydrogen) atoms. The highest BCUT2D eigenvalue weighted by Crippen LogP contribution is 2.26. The van der Waals surface area contributed by atoms with E-state index in [2.05, 4.69) is 10.4 Å². The number of nitrogens with one attached hydrogen (secondary N) is 1. The van der Waals surface area contributed by atoms with Gasteiger partial charge in [0.05, 0.1) is 19.0 Å². The van der Waals surface area contributed by atoms with Gasteiger partial charge < -0.3 is 9.73 Å². The van der Waals surface area contributed by atoms with E-state index in [9.17, 15) is 4.79 Å². The predicted molar refractivity (Wildman–Crippen MR) is 93.4 cm³/mol. The predicted octanol–water partition coefficient (Wildman–Crippen LogP) is 4.40. The van der Waals surface area contributed by atoms with Crippen molar-refractivity contribution in [2.45, 2.75) is 19.4 Å². The van der Waals surface area contributed by atoms with Crippen LogP contribution in [0.2, 0.25) is 10.0 Å². The van der Waals surface area contributed by atoms with Gasteiger partial charge in [0.1, 0.15) is 11.6 Å². The van der Waals surface area contributed by atoms with Crippen molar-refractivity contribution in [1.29, 1.82) is 0 Å². The largest absolute Gasteiger partial charge is 0.469 e. The summed E-state index contributed by atoms with van der Waals surface area (Å²) in [7, 11) is 0. The van der Waals surface area contributed by atoms with Gasteiger partial charge in [0, 0.05) is 34.5 Å². The fourth-order valence-corrected chi connectivity index (χ4v) is 2.81. The second-order valence-corrected chi connectivity index (χ2v) is 6.02. The molecule has 0 unspecified atom stereocenters. The number of hydrogen-bond donors (Lipinski definition) is 1. The van der Waals surface area contributed by atoms with Gasteiger partial charge in [-0.05, 0) is 24.3 Å². The van der Waals surface area contributed by atoms with E-state index in [4.69, 9.17) is 27.6 Å². The third-order valence-electron chi connectivity index (χ3n) is 3.53. The van der Waals surface area contributed by atoms with Crippen molar-refractivity contribution in [1.82, 2.24) is 9.78 Å². The van der Waals surface area contributed by atoms with E-state index in [1.165, 1.54) is 0 Å². The number of anilines is 1. The first kappa shape index (κ1) is 16.6. The van der Waals surface area contributed by atoms with Crippen LogP contribution in [0.5, 0.6) is 0 Å². The third kappa shape index (κ3) is 3.99. The number of hydrogen-bond acceptors (Lipinski definition) is 3. The highest BCUT2D eigenvalue weighted by molar-refractivity contribution is 6.35. The number of aromatic nitrogens is 2. The smallest absolute Gasteiger partial charge is 0.225 e. The Kier molecular flexibility index (Phi) is 5.23. The first-order chi connectivity index (χ1) is 11.6. The Bertz CT molecular complexity index is 808. The normalized spacial score (nSPS) is 10.8. The molecule has 7 heteroatoms. The molecule has 3 aromatic rings. The highest BCUT2D eigenvalue weighted by atomic mass is 35.5. The second-order valence-electron chi connectivity index (χ2n) is 5.20. The molecule has 0 bridgehead atoms. The van der Waals surface area contributed by atoms with Crippen molar-refractivity contribution >= 4 is 34.9 Å². The van der Waals surface area contributed by atoms with Gasteiger partial charge >= 0.3 is 0 Å². The maximum absolute atomic E-state index is 12.1. The molecule has 0 aliphatic heterocycles. The molecular formula is C17H15Cl2N3O2. The SMILES string of the molecule is O=C(CCc1ccco1)Nc1ccnn1Cc1c(Cl)cccc1Cl. The molecule has 0 aliphatic rings. The van der Waals surface area contributed by atoms with Gasteiger partial charge in [-0.3, -0.25) is 4.79 Å². The summed E-state index contributed by atoms with van der Waals surface area (Å²) in [5.74, 6) is 1.26. The summed E-state index contributed by atoms with van der Waals surface area (Å²) in [6.07, 6.45) is 4.08. The molecule has 2 heterocycles.